The molecule has 2 aromatic rings. The largest absolute Gasteiger partial charge is 0.489 e. The Labute approximate surface area is 143 Å². The number of esters is 1. The molecule has 2 heterocycles. The van der Waals surface area contributed by atoms with Crippen LogP contribution in [0.4, 0.5) is 8.78 Å². The van der Waals surface area contributed by atoms with Gasteiger partial charge in [0.25, 0.3) is 0 Å². The average molecular weight is 404 g/mol. The lowest BCUT2D eigenvalue weighted by Gasteiger charge is -2.16. The van der Waals surface area contributed by atoms with Gasteiger partial charge in [-0.1, -0.05) is 0 Å². The molecule has 3 rings (SSSR count). The number of carbonyl (C=O) groups is 1. The number of thiazole rings is 1. The molecule has 122 valence electrons. The van der Waals surface area contributed by atoms with Crippen LogP contribution in [-0.2, 0) is 10.4 Å². The number of benzene rings is 1. The highest BCUT2D eigenvalue weighted by atomic mass is 79.9. The number of hydrogen-bond donors (Lipinski definition) is 0. The second-order valence-electron chi connectivity index (χ2n) is 5.17. The molecular formula is C15H12BrF2NO3S. The summed E-state index contributed by atoms with van der Waals surface area (Å²) in [5.41, 5.74) is -1.14. The molecule has 8 heteroatoms. The highest BCUT2D eigenvalue weighted by Crippen LogP contribution is 2.46. The van der Waals surface area contributed by atoms with E-state index in [9.17, 15) is 13.6 Å². The third-order valence-corrected chi connectivity index (χ3v) is 5.21. The predicted octanol–water partition coefficient (Wildman–Crippen LogP) is 4.47. The van der Waals surface area contributed by atoms with Crippen LogP contribution in [0.15, 0.2) is 16.6 Å². The minimum absolute atomic E-state index is 0.0639. The van der Waals surface area contributed by atoms with Gasteiger partial charge in [-0.2, -0.15) is 0 Å². The van der Waals surface area contributed by atoms with Crippen LogP contribution >= 0.6 is 27.3 Å². The zero-order chi connectivity index (χ0) is 16.8. The zero-order valence-electron chi connectivity index (χ0n) is 12.3. The summed E-state index contributed by atoms with van der Waals surface area (Å²) in [4.78, 5) is 16.4. The van der Waals surface area contributed by atoms with Crippen LogP contribution in [0.1, 0.15) is 28.5 Å². The number of carbonyl (C=O) groups excluding carboxylic acids is 1. The fourth-order valence-corrected chi connectivity index (χ4v) is 3.59. The van der Waals surface area contributed by atoms with Crippen LogP contribution in [0.2, 0.25) is 0 Å². The number of fused-ring (bicyclic) bond motifs is 3. The maximum Gasteiger partial charge on any atom is 0.367 e. The molecule has 1 atom stereocenters. The first-order valence-electron chi connectivity index (χ1n) is 6.83. The fourth-order valence-electron chi connectivity index (χ4n) is 2.25. The molecule has 0 spiro atoms. The third kappa shape index (κ3) is 2.85. The number of hydrogen-bond acceptors (Lipinski definition) is 5. The van der Waals surface area contributed by atoms with Crippen molar-refractivity contribution < 1.29 is 23.0 Å². The second kappa shape index (κ2) is 5.83. The molecule has 1 aliphatic heterocycles. The van der Waals surface area contributed by atoms with Gasteiger partial charge in [-0.05, 0) is 35.8 Å². The molecule has 1 aromatic carbocycles. The lowest BCUT2D eigenvalue weighted by molar-refractivity contribution is 0.0526. The summed E-state index contributed by atoms with van der Waals surface area (Å²) < 4.78 is 39.2. The van der Waals surface area contributed by atoms with Crippen molar-refractivity contribution in [3.63, 3.8) is 0 Å². The van der Waals surface area contributed by atoms with Crippen molar-refractivity contribution in [2.24, 2.45) is 0 Å². The summed E-state index contributed by atoms with van der Waals surface area (Å²) in [6.45, 7) is 2.93. The van der Waals surface area contributed by atoms with Gasteiger partial charge in [0.1, 0.15) is 18.2 Å². The van der Waals surface area contributed by atoms with Crippen LogP contribution in [0.3, 0.4) is 0 Å². The van der Waals surface area contributed by atoms with E-state index >= 15 is 0 Å². The average Bonchev–Trinajstić information content (AvgIpc) is 2.91. The normalized spacial score (nSPS) is 19.3. The molecule has 0 aliphatic carbocycles. The van der Waals surface area contributed by atoms with Crippen molar-refractivity contribution in [1.82, 2.24) is 4.98 Å². The van der Waals surface area contributed by atoms with Gasteiger partial charge in [0.2, 0.25) is 5.01 Å². The third-order valence-electron chi connectivity index (χ3n) is 3.33. The van der Waals surface area contributed by atoms with E-state index in [4.69, 9.17) is 9.47 Å². The Bertz CT molecular complexity index is 791. The molecule has 0 N–H and O–H groups in total. The van der Waals surface area contributed by atoms with Crippen LogP contribution in [0.25, 0.3) is 11.3 Å². The van der Waals surface area contributed by atoms with Gasteiger partial charge in [0.05, 0.1) is 21.7 Å². The Morgan fingerprint density at radius 3 is 3.00 bits per heavy atom. The van der Waals surface area contributed by atoms with Crippen molar-refractivity contribution in [2.45, 2.75) is 19.5 Å². The summed E-state index contributed by atoms with van der Waals surface area (Å²) in [5.74, 6) is -0.937. The van der Waals surface area contributed by atoms with E-state index in [1.165, 1.54) is 19.1 Å². The molecule has 1 unspecified atom stereocenters. The van der Waals surface area contributed by atoms with E-state index < -0.39 is 17.5 Å². The molecule has 0 fully saturated rings. The number of halogens is 3. The number of nitrogens with zero attached hydrogens (tertiary/aromatic N) is 1. The van der Waals surface area contributed by atoms with Gasteiger partial charge in [-0.3, -0.25) is 0 Å². The fraction of sp³-hybridized carbons (Fsp3) is 0.333. The molecule has 0 saturated carbocycles. The van der Waals surface area contributed by atoms with Gasteiger partial charge >= 0.3 is 5.97 Å². The molecule has 1 aromatic heterocycles. The smallest absolute Gasteiger partial charge is 0.367 e. The lowest BCUT2D eigenvalue weighted by Crippen LogP contribution is -2.22. The number of ether oxygens (including phenoxy) is 2. The van der Waals surface area contributed by atoms with Gasteiger partial charge in [-0.25, -0.2) is 18.6 Å². The quantitative estimate of drug-likeness (QED) is 0.694. The van der Waals surface area contributed by atoms with E-state index in [1.807, 2.05) is 0 Å². The second-order valence-corrected chi connectivity index (χ2v) is 7.02. The first-order chi connectivity index (χ1) is 10.8. The number of rotatable bonds is 2. The van der Waals surface area contributed by atoms with E-state index in [0.717, 1.165) is 11.3 Å². The lowest BCUT2D eigenvalue weighted by atomic mass is 10.0. The maximum absolute atomic E-state index is 14.9. The first kappa shape index (κ1) is 16.3. The maximum atomic E-state index is 14.9. The van der Waals surface area contributed by atoms with Gasteiger partial charge in [0, 0.05) is 11.6 Å². The Morgan fingerprint density at radius 2 is 2.30 bits per heavy atom. The summed E-state index contributed by atoms with van der Waals surface area (Å²) in [5, 5.41) is 0.0639. The van der Waals surface area contributed by atoms with Crippen LogP contribution in [-0.4, -0.2) is 24.2 Å². The first-order valence-corrected chi connectivity index (χ1v) is 8.44. The topological polar surface area (TPSA) is 48.4 Å². The van der Waals surface area contributed by atoms with Gasteiger partial charge < -0.3 is 9.47 Å². The van der Waals surface area contributed by atoms with Crippen molar-refractivity contribution >= 4 is 33.2 Å². The highest BCUT2D eigenvalue weighted by Gasteiger charge is 2.38. The SMILES string of the molecule is CCOC(=O)c1nc2c(s1)C(C)(F)COc1cc(F)c(Br)cc1-2. The Hall–Kier alpha value is -1.54. The molecule has 0 bridgehead atoms. The Kier molecular flexibility index (Phi) is 4.14. The molecule has 4 nitrogen and oxygen atoms in total. The Morgan fingerprint density at radius 1 is 1.57 bits per heavy atom. The predicted molar refractivity (Wildman–Crippen MR) is 85.1 cm³/mol. The van der Waals surface area contributed by atoms with Crippen molar-refractivity contribution in [3.05, 3.63) is 32.3 Å². The van der Waals surface area contributed by atoms with E-state index in [2.05, 4.69) is 20.9 Å². The van der Waals surface area contributed by atoms with Crippen LogP contribution in [0, 0.1) is 5.82 Å². The Balaban J connectivity index is 2.21. The summed E-state index contributed by atoms with van der Waals surface area (Å²) in [7, 11) is 0. The van der Waals surface area contributed by atoms with Crippen molar-refractivity contribution in [3.8, 4) is 17.0 Å². The number of alkyl halides is 1. The summed E-state index contributed by atoms with van der Waals surface area (Å²) >= 11 is 4.03. The molecule has 0 amide bonds. The number of aromatic nitrogens is 1. The molecule has 1 aliphatic rings. The van der Waals surface area contributed by atoms with Crippen LogP contribution < -0.4 is 4.74 Å². The molecule has 0 radical (unpaired) electrons. The van der Waals surface area contributed by atoms with Crippen LogP contribution in [0.5, 0.6) is 5.75 Å². The van der Waals surface area contributed by atoms with E-state index in [-0.39, 0.29) is 39.0 Å². The zero-order valence-corrected chi connectivity index (χ0v) is 14.7. The van der Waals surface area contributed by atoms with E-state index in [0.29, 0.717) is 5.56 Å². The molecular weight excluding hydrogens is 392 g/mol. The monoisotopic (exact) mass is 403 g/mol. The molecule has 0 saturated heterocycles. The minimum Gasteiger partial charge on any atom is -0.489 e. The van der Waals surface area contributed by atoms with Gasteiger partial charge in [0.15, 0.2) is 5.67 Å². The highest BCUT2D eigenvalue weighted by molar-refractivity contribution is 9.10. The molecule has 23 heavy (non-hydrogen) atoms. The van der Waals surface area contributed by atoms with Crippen molar-refractivity contribution in [2.75, 3.05) is 13.2 Å². The standard InChI is InChI=1S/C15H12BrF2NO3S/c1-3-21-14(20)13-19-11-7-4-8(16)9(17)5-10(7)22-6-15(2,18)12(11)23-13/h4-5H,3,6H2,1-2H3. The minimum atomic E-state index is -1.85. The van der Waals surface area contributed by atoms with E-state index in [1.54, 1.807) is 6.92 Å². The van der Waals surface area contributed by atoms with Crippen molar-refractivity contribution in [1.29, 1.82) is 0 Å². The van der Waals surface area contributed by atoms with Gasteiger partial charge in [-0.15, -0.1) is 11.3 Å². The summed E-state index contributed by atoms with van der Waals surface area (Å²) in [6.07, 6.45) is 0. The summed E-state index contributed by atoms with van der Waals surface area (Å²) in [6, 6.07) is 2.65.